The summed E-state index contributed by atoms with van der Waals surface area (Å²) in [4.78, 5) is 76.0. The van der Waals surface area contributed by atoms with E-state index >= 15 is 0 Å². The number of nitrogens with one attached hydrogen (secondary N) is 3. The molecular formula is C77H93Cl4N18O10P. The fourth-order valence-electron chi connectivity index (χ4n) is 10.8. The highest BCUT2D eigenvalue weighted by Crippen LogP contribution is 2.61. The van der Waals surface area contributed by atoms with E-state index in [1.165, 1.54) is 29.6 Å². The SMILES string of the molecule is C.CC(C)c1cn[nH]c1N.CCO.CCOC(=O)CC(C)=O.Cc1cc(=O)n2[nH]cc(C(C)C)c2n1.Cc1cc(Cl)n2ncc(C(C)C)c2n1.Cc1cc(NCc2ccccc2-c2nccc3cc([N+](=O)[O-])ccc23)n2ncc(C(C)C)c2n1.NCc1ccccc1-c1nccc2cc([N+](=O)[O-])ccc12.O=P(Cl)(Cl)Cl. The Morgan fingerprint density at radius 2 is 1.11 bits per heavy atom. The molecule has 13 aromatic rings. The van der Waals surface area contributed by atoms with Gasteiger partial charge in [0.15, 0.2) is 16.9 Å². The molecule has 110 heavy (non-hydrogen) atoms. The van der Waals surface area contributed by atoms with Gasteiger partial charge in [0.2, 0.25) is 0 Å². The maximum Gasteiger partial charge on any atom is 0.339 e. The highest BCUT2D eigenvalue weighted by molar-refractivity contribution is 8.24. The van der Waals surface area contributed by atoms with Gasteiger partial charge in [-0.05, 0) is 151 Å². The summed E-state index contributed by atoms with van der Waals surface area (Å²) in [5, 5.41) is 52.0. The van der Waals surface area contributed by atoms with Crippen LogP contribution in [0.25, 0.3) is 61.0 Å². The van der Waals surface area contributed by atoms with Gasteiger partial charge in [0, 0.05) is 136 Å². The number of rotatable bonds is 15. The Morgan fingerprint density at radius 3 is 1.56 bits per heavy atom. The number of aliphatic hydroxyl groups is 1. The molecule has 0 aliphatic carbocycles. The molecular weight excluding hydrogens is 1510 g/mol. The number of nitrogen functional groups attached to an aromatic ring is 1. The van der Waals surface area contributed by atoms with Crippen molar-refractivity contribution in [1.82, 2.24) is 64.0 Å². The van der Waals surface area contributed by atoms with E-state index in [2.05, 4.69) is 151 Å². The summed E-state index contributed by atoms with van der Waals surface area (Å²) in [6, 6.07) is 34.4. The number of pyridine rings is 2. The number of non-ortho nitro benzene ring substituents is 2. The molecule has 0 amide bonds. The lowest BCUT2D eigenvalue weighted by Crippen LogP contribution is -2.14. The normalized spacial score (nSPS) is 10.8. The molecule has 0 radical (unpaired) electrons. The van der Waals surface area contributed by atoms with Crippen molar-refractivity contribution in [2.24, 2.45) is 5.73 Å². The molecule has 0 aliphatic heterocycles. The number of halogens is 4. The lowest BCUT2D eigenvalue weighted by atomic mass is 9.99. The second-order valence-corrected chi connectivity index (χ2v) is 32.6. The van der Waals surface area contributed by atoms with Crippen molar-refractivity contribution in [2.45, 2.75) is 148 Å². The molecule has 9 aromatic heterocycles. The van der Waals surface area contributed by atoms with E-state index in [4.69, 9.17) is 33.2 Å². The number of nitrogens with zero attached hydrogens (tertiary/aromatic N) is 13. The zero-order valence-electron chi connectivity index (χ0n) is 62.8. The number of aromatic amines is 2. The van der Waals surface area contributed by atoms with Crippen LogP contribution in [0.3, 0.4) is 0 Å². The Balaban J connectivity index is 0.000000246. The average molecular weight is 1600 g/mol. The van der Waals surface area contributed by atoms with Gasteiger partial charge in [0.1, 0.15) is 29.0 Å². The van der Waals surface area contributed by atoms with Gasteiger partial charge in [0.05, 0.1) is 46.4 Å². The van der Waals surface area contributed by atoms with Gasteiger partial charge in [-0.25, -0.2) is 24.0 Å². The van der Waals surface area contributed by atoms with Crippen LogP contribution in [0.1, 0.15) is 164 Å². The zero-order valence-corrected chi connectivity index (χ0v) is 66.7. The standard InChI is InChI=1S/C26H24N6O2.C16H13N3O2.C10H12ClN3.C10H13N3O.C6H11N3.C6H10O3.C2H6O.CH4.Cl3OP/c1-16(2)23-15-29-31-24(12-17(3)30-26(23)31)28-14-19-6-4-5-7-21(19)25-22-9-8-20(32(33)34)13-18(22)10-11-27-25;17-10-12-3-1-2-4-14(12)16-15-6-5-13(19(20)21)9-11(15)7-8-18-16;1-6(2)8-5-12-14-9(11)4-7(3)13-10(8)14;1-6(2)8-5-11-13-9(14)4-7(3)12-10(8)13;1-4(2)5-3-8-9-6(5)7;1-3-9-6(8)4-5(2)7;1-2-3;;1-5(2,3)4/h4-13,15-16,28H,14H2,1-3H3;1-9H,10,17H2;4-6H,1-3H3;4-6,11H,1-3H3;3-4H,1-2H3,(H3,7,8,9);3-4H2,1-2H3;3H,2H2,1H3;1H4;. The van der Waals surface area contributed by atoms with E-state index in [1.807, 2.05) is 98.5 Å². The Hall–Kier alpha value is -10.6. The molecule has 28 nitrogen and oxygen atoms in total. The molecule has 0 saturated carbocycles. The van der Waals surface area contributed by atoms with Crippen LogP contribution in [0.5, 0.6) is 0 Å². The van der Waals surface area contributed by atoms with Crippen LogP contribution in [0.4, 0.5) is 23.0 Å². The molecule has 584 valence electrons. The van der Waals surface area contributed by atoms with Crippen LogP contribution >= 0.6 is 50.5 Å². The van der Waals surface area contributed by atoms with Crippen LogP contribution in [0, 0.1) is 41.0 Å². The van der Waals surface area contributed by atoms with Gasteiger partial charge < -0.3 is 26.6 Å². The van der Waals surface area contributed by atoms with Gasteiger partial charge in [-0.3, -0.25) is 59.3 Å². The van der Waals surface area contributed by atoms with E-state index < -0.39 is 16.1 Å². The highest BCUT2D eigenvalue weighted by Gasteiger charge is 2.19. The first-order valence-electron chi connectivity index (χ1n) is 34.4. The summed E-state index contributed by atoms with van der Waals surface area (Å²) in [6.07, 6.45) is 10.6. The summed E-state index contributed by atoms with van der Waals surface area (Å²) in [6.45, 7) is 28.9. The lowest BCUT2D eigenvalue weighted by molar-refractivity contribution is -0.384. The minimum absolute atomic E-state index is 0. The molecule has 8 N–H and O–H groups in total. The van der Waals surface area contributed by atoms with E-state index in [0.29, 0.717) is 54.3 Å². The number of benzene rings is 4. The third-order valence-electron chi connectivity index (χ3n) is 15.9. The van der Waals surface area contributed by atoms with Crippen molar-refractivity contribution >= 4 is 124 Å². The average Bonchev–Trinajstić information content (AvgIpc) is 0.879. The molecule has 0 saturated heterocycles. The van der Waals surface area contributed by atoms with E-state index in [0.717, 1.165) is 117 Å². The number of esters is 1. The summed E-state index contributed by atoms with van der Waals surface area (Å²) in [5.41, 5.74) is 26.4. The molecule has 0 aliphatic rings. The molecule has 33 heteroatoms. The minimum atomic E-state index is -3.22. The van der Waals surface area contributed by atoms with E-state index in [-0.39, 0.29) is 48.1 Å². The number of nitro benzene ring substituents is 2. The first-order chi connectivity index (χ1) is 51.6. The van der Waals surface area contributed by atoms with Crippen molar-refractivity contribution in [1.29, 1.82) is 0 Å². The van der Waals surface area contributed by atoms with Crippen molar-refractivity contribution in [3.63, 3.8) is 0 Å². The molecule has 0 fully saturated rings. The number of ketones is 1. The number of carbonyl (C=O) groups is 2. The Bertz CT molecular complexity index is 5380. The van der Waals surface area contributed by atoms with Gasteiger partial charge in [-0.1, -0.05) is 123 Å². The molecule has 0 bridgehead atoms. The van der Waals surface area contributed by atoms with Crippen molar-refractivity contribution in [2.75, 3.05) is 24.3 Å². The number of hydrogen-bond donors (Lipinski definition) is 6. The number of aryl methyl sites for hydroxylation is 3. The minimum Gasteiger partial charge on any atom is -0.466 e. The van der Waals surface area contributed by atoms with E-state index in [1.54, 1.807) is 73.4 Å². The zero-order chi connectivity index (χ0) is 80.6. The molecule has 9 heterocycles. The third-order valence-corrected chi connectivity index (χ3v) is 16.2. The van der Waals surface area contributed by atoms with Crippen molar-refractivity contribution < 1.29 is 33.8 Å². The van der Waals surface area contributed by atoms with Crippen molar-refractivity contribution in [3.8, 4) is 22.5 Å². The van der Waals surface area contributed by atoms with Gasteiger partial charge in [0.25, 0.3) is 16.9 Å². The highest BCUT2D eigenvalue weighted by atomic mass is 36.0. The maximum absolute atomic E-state index is 11.5. The topological polar surface area (TPSA) is 396 Å². The fraction of sp³-hybridized carbons (Fsp3) is 0.312. The molecule has 0 atom stereocenters. The third kappa shape index (κ3) is 25.5. The maximum atomic E-state index is 11.5. The number of nitro groups is 2. The summed E-state index contributed by atoms with van der Waals surface area (Å²) in [7, 11) is 0. The Morgan fingerprint density at radius 1 is 0.655 bits per heavy atom. The predicted molar refractivity (Wildman–Crippen MR) is 440 cm³/mol. The molecule has 0 spiro atoms. The first kappa shape index (κ1) is 90.0. The number of carbonyl (C=O) groups excluding carboxylic acids is 2. The largest absolute Gasteiger partial charge is 0.466 e. The summed E-state index contributed by atoms with van der Waals surface area (Å²) < 4.78 is 19.0. The fourth-order valence-corrected chi connectivity index (χ4v) is 11.1. The predicted octanol–water partition coefficient (Wildman–Crippen LogP) is 18.5. The first-order valence-corrected chi connectivity index (χ1v) is 39.2. The van der Waals surface area contributed by atoms with Crippen LogP contribution in [-0.4, -0.2) is 104 Å². The van der Waals surface area contributed by atoms with E-state index in [9.17, 15) is 39.2 Å². The Labute approximate surface area is 656 Å². The summed E-state index contributed by atoms with van der Waals surface area (Å²) in [5.74, 6) is 2.52. The van der Waals surface area contributed by atoms with Crippen LogP contribution in [-0.2, 0) is 32.0 Å². The van der Waals surface area contributed by atoms with Crippen LogP contribution < -0.4 is 22.3 Å². The van der Waals surface area contributed by atoms with Gasteiger partial charge in [-0.2, -0.15) is 19.8 Å². The number of aliphatic hydroxyl groups excluding tert-OH is 1. The second kappa shape index (κ2) is 42.4. The second-order valence-electron chi connectivity index (χ2n) is 25.6. The number of fused-ring (bicyclic) bond motifs is 5. The smallest absolute Gasteiger partial charge is 0.339 e. The van der Waals surface area contributed by atoms with Gasteiger partial charge in [-0.15, -0.1) is 0 Å². The molecule has 4 aromatic carbocycles. The summed E-state index contributed by atoms with van der Waals surface area (Å²) >= 11 is 19.9. The number of H-pyrrole nitrogens is 2. The number of nitrogens with two attached hydrogens (primary N) is 2. The van der Waals surface area contributed by atoms with Gasteiger partial charge >= 0.3 is 11.2 Å². The number of anilines is 2. The quantitative estimate of drug-likeness (QED) is 0.0139. The lowest BCUT2D eigenvalue weighted by Gasteiger charge is -2.14. The molecule has 13 rings (SSSR count). The number of ether oxygens (including phenoxy) is 1. The van der Waals surface area contributed by atoms with Crippen molar-refractivity contribution in [3.05, 3.63) is 239 Å². The van der Waals surface area contributed by atoms with Crippen LogP contribution in [0.15, 0.2) is 157 Å². The number of hydrogen-bond acceptors (Lipinski definition) is 21. The Kier molecular flexibility index (Phi) is 34.7. The van der Waals surface area contributed by atoms with Crippen LogP contribution in [0.2, 0.25) is 5.15 Å². The monoisotopic (exact) mass is 1600 g/mol. The number of Topliss-reactive ketones (excluding diaryl/α,β-unsaturated/α-hetero) is 1. The molecule has 0 unspecified atom stereocenters. The number of aromatic nitrogens is 13.